The number of halogens is 3. The van der Waals surface area contributed by atoms with E-state index in [0.29, 0.717) is 23.5 Å². The highest BCUT2D eigenvalue weighted by molar-refractivity contribution is 7.17. The molecule has 0 bridgehead atoms. The average molecular weight is 436 g/mol. The van der Waals surface area contributed by atoms with Crippen molar-refractivity contribution < 1.29 is 27.4 Å². The molecule has 3 rings (SSSR count). The number of rotatable bonds is 7. The summed E-state index contributed by atoms with van der Waals surface area (Å²) in [5, 5.41) is 2.70. The molecule has 0 aliphatic heterocycles. The number of alkyl halides is 3. The Kier molecular flexibility index (Phi) is 6.61. The summed E-state index contributed by atoms with van der Waals surface area (Å²) < 4.78 is 50.7. The van der Waals surface area contributed by atoms with E-state index < -0.39 is 22.7 Å². The molecule has 1 amide bonds. The van der Waals surface area contributed by atoms with Crippen molar-refractivity contribution in [2.45, 2.75) is 12.6 Å². The van der Waals surface area contributed by atoms with Crippen LogP contribution >= 0.6 is 11.3 Å². The summed E-state index contributed by atoms with van der Waals surface area (Å²) in [6.45, 7) is 0.157. The van der Waals surface area contributed by atoms with Crippen LogP contribution in [0.1, 0.15) is 20.9 Å². The van der Waals surface area contributed by atoms with Gasteiger partial charge in [-0.05, 0) is 24.1 Å². The Morgan fingerprint density at radius 3 is 2.40 bits per heavy atom. The fourth-order valence-electron chi connectivity index (χ4n) is 2.81. The van der Waals surface area contributed by atoms with Crippen molar-refractivity contribution in [1.29, 1.82) is 0 Å². The van der Waals surface area contributed by atoms with E-state index in [4.69, 9.17) is 9.47 Å². The van der Waals surface area contributed by atoms with Crippen LogP contribution in [0, 0.1) is 0 Å². The van der Waals surface area contributed by atoms with Gasteiger partial charge in [0.15, 0.2) is 17.2 Å². The summed E-state index contributed by atoms with van der Waals surface area (Å²) in [6.07, 6.45) is -4.31. The third-order valence-corrected chi connectivity index (χ3v) is 5.37. The van der Waals surface area contributed by atoms with E-state index in [0.717, 1.165) is 16.9 Å². The molecule has 5 nitrogen and oxygen atoms in total. The maximum atomic E-state index is 13.4. The minimum absolute atomic E-state index is 0.146. The van der Waals surface area contributed by atoms with Gasteiger partial charge in [-0.15, -0.1) is 11.3 Å². The zero-order valence-electron chi connectivity index (χ0n) is 16.2. The van der Waals surface area contributed by atoms with Crippen LogP contribution in [0.4, 0.5) is 13.2 Å². The molecule has 0 saturated heterocycles. The lowest BCUT2D eigenvalue weighted by Crippen LogP contribution is -2.27. The Labute approximate surface area is 175 Å². The first kappa shape index (κ1) is 21.6. The number of benzene rings is 2. The quantitative estimate of drug-likeness (QED) is 0.577. The van der Waals surface area contributed by atoms with Crippen LogP contribution < -0.4 is 14.8 Å². The van der Waals surface area contributed by atoms with Crippen molar-refractivity contribution in [1.82, 2.24) is 10.3 Å². The number of hydrogen-bond acceptors (Lipinski definition) is 5. The molecule has 2 aromatic carbocycles. The molecule has 0 unspecified atom stereocenters. The van der Waals surface area contributed by atoms with Crippen molar-refractivity contribution in [3.05, 3.63) is 64.7 Å². The molecule has 0 atom stereocenters. The zero-order chi connectivity index (χ0) is 21.7. The van der Waals surface area contributed by atoms with Gasteiger partial charge in [0.2, 0.25) is 0 Å². The van der Waals surface area contributed by atoms with Gasteiger partial charge in [-0.1, -0.05) is 36.4 Å². The molecule has 1 heterocycles. The third-order valence-electron chi connectivity index (χ3n) is 4.27. The smallest absolute Gasteiger partial charge is 0.435 e. The van der Waals surface area contributed by atoms with Gasteiger partial charge in [-0.3, -0.25) is 4.79 Å². The van der Waals surface area contributed by atoms with Crippen molar-refractivity contribution >= 4 is 17.2 Å². The zero-order valence-corrected chi connectivity index (χ0v) is 17.1. The van der Waals surface area contributed by atoms with Gasteiger partial charge in [0.05, 0.1) is 14.2 Å². The predicted molar refractivity (Wildman–Crippen MR) is 108 cm³/mol. The third kappa shape index (κ3) is 4.91. The van der Waals surface area contributed by atoms with E-state index >= 15 is 0 Å². The lowest BCUT2D eigenvalue weighted by Gasteiger charge is -2.10. The number of amides is 1. The molecule has 158 valence electrons. The first-order valence-electron chi connectivity index (χ1n) is 8.96. The molecular formula is C21H19F3N2O3S. The van der Waals surface area contributed by atoms with Crippen molar-refractivity contribution in [3.63, 3.8) is 0 Å². The maximum absolute atomic E-state index is 13.4. The van der Waals surface area contributed by atoms with E-state index in [2.05, 4.69) is 10.3 Å². The SMILES string of the molecule is COc1ccc(CCNC(=O)c2sc(-c3ccccc3)nc2C(F)(F)F)cc1OC. The molecule has 0 radical (unpaired) electrons. The second-order valence-electron chi connectivity index (χ2n) is 6.26. The molecule has 0 fully saturated rings. The minimum Gasteiger partial charge on any atom is -0.493 e. The first-order chi connectivity index (χ1) is 14.3. The van der Waals surface area contributed by atoms with Gasteiger partial charge in [0, 0.05) is 12.1 Å². The summed E-state index contributed by atoms with van der Waals surface area (Å²) >= 11 is 0.725. The number of carbonyl (C=O) groups is 1. The first-order valence-corrected chi connectivity index (χ1v) is 9.77. The van der Waals surface area contributed by atoms with Crippen molar-refractivity contribution in [2.75, 3.05) is 20.8 Å². The molecule has 3 aromatic rings. The molecule has 0 spiro atoms. The molecule has 9 heteroatoms. The fourth-order valence-corrected chi connectivity index (χ4v) is 3.81. The minimum atomic E-state index is -4.72. The highest BCUT2D eigenvalue weighted by Gasteiger charge is 2.39. The summed E-state index contributed by atoms with van der Waals surface area (Å²) in [7, 11) is 3.03. The number of ether oxygens (including phenoxy) is 2. The molecule has 30 heavy (non-hydrogen) atoms. The van der Waals surface area contributed by atoms with E-state index in [1.165, 1.54) is 14.2 Å². The van der Waals surface area contributed by atoms with Crippen LogP contribution in [-0.2, 0) is 12.6 Å². The number of carbonyl (C=O) groups excluding carboxylic acids is 1. The van der Waals surface area contributed by atoms with Crippen LogP contribution in [0.25, 0.3) is 10.6 Å². The lowest BCUT2D eigenvalue weighted by atomic mass is 10.1. The Morgan fingerprint density at radius 1 is 1.07 bits per heavy atom. The number of hydrogen-bond donors (Lipinski definition) is 1. The van der Waals surface area contributed by atoms with E-state index in [-0.39, 0.29) is 11.6 Å². The number of thiazole rings is 1. The van der Waals surface area contributed by atoms with Crippen LogP contribution in [0.5, 0.6) is 11.5 Å². The topological polar surface area (TPSA) is 60.5 Å². The monoisotopic (exact) mass is 436 g/mol. The van der Waals surface area contributed by atoms with Crippen molar-refractivity contribution in [3.8, 4) is 22.1 Å². The van der Waals surface area contributed by atoms with Gasteiger partial charge in [-0.2, -0.15) is 13.2 Å². The summed E-state index contributed by atoms with van der Waals surface area (Å²) in [5.74, 6) is 0.302. The largest absolute Gasteiger partial charge is 0.493 e. The van der Waals surface area contributed by atoms with E-state index in [1.807, 2.05) is 0 Å². The second-order valence-corrected chi connectivity index (χ2v) is 7.25. The van der Waals surface area contributed by atoms with Crippen molar-refractivity contribution in [2.24, 2.45) is 0 Å². The molecule has 1 aromatic heterocycles. The van der Waals surface area contributed by atoms with Gasteiger partial charge in [-0.25, -0.2) is 4.98 Å². The highest BCUT2D eigenvalue weighted by atomic mass is 32.1. The predicted octanol–water partition coefficient (Wildman–Crippen LogP) is 4.82. The average Bonchev–Trinajstić information content (AvgIpc) is 3.20. The van der Waals surface area contributed by atoms with Crippen LogP contribution in [0.15, 0.2) is 48.5 Å². The highest BCUT2D eigenvalue weighted by Crippen LogP contribution is 2.37. The van der Waals surface area contributed by atoms with Gasteiger partial charge in [0.1, 0.15) is 9.88 Å². The van der Waals surface area contributed by atoms with E-state index in [1.54, 1.807) is 48.5 Å². The molecule has 0 saturated carbocycles. The maximum Gasteiger partial charge on any atom is 0.435 e. The Morgan fingerprint density at radius 2 is 1.77 bits per heavy atom. The Hall–Kier alpha value is -3.07. The summed E-state index contributed by atoms with van der Waals surface area (Å²) in [4.78, 5) is 15.7. The molecular weight excluding hydrogens is 417 g/mol. The lowest BCUT2D eigenvalue weighted by molar-refractivity contribution is -0.141. The van der Waals surface area contributed by atoms with Crippen LogP contribution in [0.2, 0.25) is 0 Å². The second kappa shape index (κ2) is 9.17. The summed E-state index contributed by atoms with van der Waals surface area (Å²) in [5.41, 5.74) is 0.200. The Bertz CT molecular complexity index is 1020. The Balaban J connectivity index is 1.74. The standard InChI is InChI=1S/C21H19F3N2O3S/c1-28-15-9-8-13(12-16(15)29-2)10-11-25-19(27)17-18(21(22,23)24)26-20(30-17)14-6-4-3-5-7-14/h3-9,12H,10-11H2,1-2H3,(H,25,27). The van der Waals surface area contributed by atoms with Gasteiger partial charge in [0.25, 0.3) is 5.91 Å². The normalized spacial score (nSPS) is 11.2. The number of nitrogens with zero attached hydrogens (tertiary/aromatic N) is 1. The van der Waals surface area contributed by atoms with Gasteiger partial charge >= 0.3 is 6.18 Å². The number of nitrogens with one attached hydrogen (secondary N) is 1. The van der Waals surface area contributed by atoms with Crippen LogP contribution in [0.3, 0.4) is 0 Å². The van der Waals surface area contributed by atoms with Crippen LogP contribution in [-0.4, -0.2) is 31.7 Å². The fraction of sp³-hybridized carbons (Fsp3) is 0.238. The number of methoxy groups -OCH3 is 2. The molecule has 0 aliphatic carbocycles. The van der Waals surface area contributed by atoms with E-state index in [9.17, 15) is 18.0 Å². The molecule has 0 aliphatic rings. The molecule has 1 N–H and O–H groups in total. The van der Waals surface area contributed by atoms with Gasteiger partial charge < -0.3 is 14.8 Å². The number of aromatic nitrogens is 1. The summed E-state index contributed by atoms with van der Waals surface area (Å²) in [6, 6.07) is 13.7.